The smallest absolute Gasteiger partial charge is 0.223 e. The predicted molar refractivity (Wildman–Crippen MR) is 79.8 cm³/mol. The summed E-state index contributed by atoms with van der Waals surface area (Å²) in [4.78, 5) is 11.9. The summed E-state index contributed by atoms with van der Waals surface area (Å²) in [7, 11) is 0. The lowest BCUT2D eigenvalue weighted by Gasteiger charge is -2.07. The first-order valence-corrected chi connectivity index (χ1v) is 6.45. The molecule has 0 aliphatic heterocycles. The molecule has 3 rings (SSSR count). The molecule has 0 unspecified atom stereocenters. The van der Waals surface area contributed by atoms with Gasteiger partial charge in [-0.15, -0.1) is 0 Å². The molecular formula is C15H9IO. The van der Waals surface area contributed by atoms with Gasteiger partial charge in [0.2, 0.25) is 3.79 Å². The van der Waals surface area contributed by atoms with Crippen molar-refractivity contribution in [3.05, 3.63) is 60.2 Å². The van der Waals surface area contributed by atoms with Crippen LogP contribution in [0.4, 0.5) is 0 Å². The van der Waals surface area contributed by atoms with E-state index in [1.165, 1.54) is 0 Å². The number of halogens is 1. The maximum absolute atomic E-state index is 11.9. The van der Waals surface area contributed by atoms with Gasteiger partial charge in [0.15, 0.2) is 0 Å². The number of carbonyl (C=O) groups excluding carboxylic acids is 1. The lowest BCUT2D eigenvalue weighted by molar-refractivity contribution is 0.110. The fourth-order valence-corrected chi connectivity index (χ4v) is 2.81. The topological polar surface area (TPSA) is 17.1 Å². The van der Waals surface area contributed by atoms with Gasteiger partial charge in [0.05, 0.1) is 0 Å². The zero-order chi connectivity index (χ0) is 11.8. The minimum Gasteiger partial charge on any atom is -0.282 e. The second kappa shape index (κ2) is 4.11. The van der Waals surface area contributed by atoms with Crippen LogP contribution in [0.3, 0.4) is 0 Å². The van der Waals surface area contributed by atoms with Gasteiger partial charge in [-0.1, -0.05) is 48.5 Å². The summed E-state index contributed by atoms with van der Waals surface area (Å²) < 4.78 is 0.0931. The van der Waals surface area contributed by atoms with Crippen molar-refractivity contribution in [1.82, 2.24) is 0 Å². The molecule has 3 aromatic carbocycles. The summed E-state index contributed by atoms with van der Waals surface area (Å²) in [6.45, 7) is 0. The van der Waals surface area contributed by atoms with Gasteiger partial charge in [0, 0.05) is 28.2 Å². The molecule has 1 nitrogen and oxygen atoms in total. The van der Waals surface area contributed by atoms with E-state index >= 15 is 0 Å². The average Bonchev–Trinajstić information content (AvgIpc) is 2.35. The minimum absolute atomic E-state index is 0.0931. The summed E-state index contributed by atoms with van der Waals surface area (Å²) in [6, 6.07) is 18.2. The Bertz CT molecular complexity index is 677. The van der Waals surface area contributed by atoms with Crippen molar-refractivity contribution in [1.29, 1.82) is 0 Å². The Morgan fingerprint density at radius 1 is 0.824 bits per heavy atom. The monoisotopic (exact) mass is 332 g/mol. The normalized spacial score (nSPS) is 10.9. The highest BCUT2D eigenvalue weighted by atomic mass is 127. The van der Waals surface area contributed by atoms with Crippen molar-refractivity contribution in [2.24, 2.45) is 0 Å². The van der Waals surface area contributed by atoms with E-state index in [0.29, 0.717) is 0 Å². The van der Waals surface area contributed by atoms with Gasteiger partial charge in [0.25, 0.3) is 0 Å². The number of hydrogen-bond acceptors (Lipinski definition) is 1. The van der Waals surface area contributed by atoms with Crippen molar-refractivity contribution in [3.63, 3.8) is 0 Å². The van der Waals surface area contributed by atoms with Crippen LogP contribution in [-0.4, -0.2) is 3.79 Å². The maximum atomic E-state index is 11.9. The lowest BCUT2D eigenvalue weighted by atomic mass is 9.98. The number of carbonyl (C=O) groups is 1. The Morgan fingerprint density at radius 3 is 1.76 bits per heavy atom. The molecule has 0 saturated carbocycles. The summed E-state index contributed by atoms with van der Waals surface area (Å²) in [5, 5.41) is 4.30. The molecule has 0 N–H and O–H groups in total. The van der Waals surface area contributed by atoms with E-state index in [9.17, 15) is 4.79 Å². The van der Waals surface area contributed by atoms with E-state index in [1.54, 1.807) is 0 Å². The third kappa shape index (κ3) is 1.72. The van der Waals surface area contributed by atoms with Gasteiger partial charge in [-0.2, -0.15) is 0 Å². The van der Waals surface area contributed by atoms with Crippen molar-refractivity contribution in [3.8, 4) is 0 Å². The molecule has 0 amide bonds. The van der Waals surface area contributed by atoms with Crippen LogP contribution in [0, 0.1) is 0 Å². The van der Waals surface area contributed by atoms with Crippen LogP contribution in [0.5, 0.6) is 0 Å². The molecule has 82 valence electrons. The molecule has 0 bridgehead atoms. The largest absolute Gasteiger partial charge is 0.282 e. The van der Waals surface area contributed by atoms with Crippen LogP contribution in [-0.2, 0) is 0 Å². The van der Waals surface area contributed by atoms with Crippen LogP contribution < -0.4 is 0 Å². The SMILES string of the molecule is O=C(I)c1c2ccccc2cc2ccccc12. The molecule has 0 saturated heterocycles. The Hall–Kier alpha value is -1.42. The molecule has 0 aliphatic rings. The van der Waals surface area contributed by atoms with Crippen molar-refractivity contribution < 1.29 is 4.79 Å². The molecule has 0 spiro atoms. The fourth-order valence-electron chi connectivity index (χ4n) is 2.23. The quantitative estimate of drug-likeness (QED) is 0.362. The van der Waals surface area contributed by atoms with Crippen LogP contribution in [0.25, 0.3) is 21.5 Å². The number of hydrogen-bond donors (Lipinski definition) is 0. The molecular weight excluding hydrogens is 323 g/mol. The molecule has 2 heteroatoms. The second-order valence-electron chi connectivity index (χ2n) is 3.97. The molecule has 0 radical (unpaired) electrons. The predicted octanol–water partition coefficient (Wildman–Crippen LogP) is 4.57. The Kier molecular flexibility index (Phi) is 2.59. The van der Waals surface area contributed by atoms with Gasteiger partial charge >= 0.3 is 0 Å². The van der Waals surface area contributed by atoms with Crippen molar-refractivity contribution in [2.45, 2.75) is 0 Å². The van der Waals surface area contributed by atoms with Gasteiger partial charge in [0.1, 0.15) is 0 Å². The van der Waals surface area contributed by atoms with E-state index in [0.717, 1.165) is 27.1 Å². The second-order valence-corrected chi connectivity index (χ2v) is 4.95. The molecule has 3 aromatic rings. The van der Waals surface area contributed by atoms with Gasteiger partial charge in [-0.3, -0.25) is 4.79 Å². The van der Waals surface area contributed by atoms with E-state index < -0.39 is 0 Å². The Balaban J connectivity index is 2.61. The highest BCUT2D eigenvalue weighted by Gasteiger charge is 2.11. The zero-order valence-electron chi connectivity index (χ0n) is 8.98. The third-order valence-electron chi connectivity index (χ3n) is 2.97. The summed E-state index contributed by atoms with van der Waals surface area (Å²) in [5.41, 5.74) is 0.819. The summed E-state index contributed by atoms with van der Waals surface area (Å²) in [6.07, 6.45) is 0. The summed E-state index contributed by atoms with van der Waals surface area (Å²) >= 11 is 1.87. The Labute approximate surface area is 113 Å². The maximum Gasteiger partial charge on any atom is 0.223 e. The van der Waals surface area contributed by atoms with Gasteiger partial charge < -0.3 is 0 Å². The first-order valence-electron chi connectivity index (χ1n) is 5.38. The van der Waals surface area contributed by atoms with Gasteiger partial charge in [-0.05, 0) is 27.6 Å². The highest BCUT2D eigenvalue weighted by Crippen LogP contribution is 2.29. The van der Waals surface area contributed by atoms with E-state index in [2.05, 4.69) is 6.07 Å². The molecule has 0 aromatic heterocycles. The minimum atomic E-state index is 0.0931. The fraction of sp³-hybridized carbons (Fsp3) is 0. The first-order chi connectivity index (χ1) is 8.27. The molecule has 0 heterocycles. The van der Waals surface area contributed by atoms with E-state index in [-0.39, 0.29) is 3.79 Å². The standard InChI is InChI=1S/C15H9IO/c16-15(17)14-12-7-3-1-5-10(12)9-11-6-2-4-8-13(11)14/h1-9H. The van der Waals surface area contributed by atoms with E-state index in [4.69, 9.17) is 0 Å². The number of rotatable bonds is 1. The van der Waals surface area contributed by atoms with Crippen LogP contribution in [0.1, 0.15) is 10.4 Å². The average molecular weight is 332 g/mol. The van der Waals surface area contributed by atoms with Crippen molar-refractivity contribution >= 4 is 47.9 Å². The molecule has 0 fully saturated rings. The molecule has 0 atom stereocenters. The number of benzene rings is 3. The van der Waals surface area contributed by atoms with Crippen LogP contribution in [0.2, 0.25) is 0 Å². The van der Waals surface area contributed by atoms with Gasteiger partial charge in [-0.25, -0.2) is 0 Å². The third-order valence-corrected chi connectivity index (χ3v) is 3.51. The van der Waals surface area contributed by atoms with Crippen molar-refractivity contribution in [2.75, 3.05) is 0 Å². The summed E-state index contributed by atoms with van der Waals surface area (Å²) in [5.74, 6) is 0. The Morgan fingerprint density at radius 2 is 1.29 bits per heavy atom. The first kappa shape index (κ1) is 10.7. The van der Waals surface area contributed by atoms with E-state index in [1.807, 2.05) is 71.1 Å². The molecule has 17 heavy (non-hydrogen) atoms. The van der Waals surface area contributed by atoms with Crippen LogP contribution >= 0.6 is 22.6 Å². The highest BCUT2D eigenvalue weighted by molar-refractivity contribution is 14.1. The number of fused-ring (bicyclic) bond motifs is 2. The zero-order valence-corrected chi connectivity index (χ0v) is 11.1. The lowest BCUT2D eigenvalue weighted by Crippen LogP contribution is -1.92. The van der Waals surface area contributed by atoms with Crippen LogP contribution in [0.15, 0.2) is 54.6 Å². The molecule has 0 aliphatic carbocycles.